The van der Waals surface area contributed by atoms with E-state index in [0.717, 1.165) is 24.3 Å². The van der Waals surface area contributed by atoms with Crippen LogP contribution in [-0.2, 0) is 9.59 Å². The number of aliphatic hydroxyl groups excluding tert-OH is 1. The lowest BCUT2D eigenvalue weighted by Crippen LogP contribution is -2.30. The molecule has 2 saturated heterocycles. The summed E-state index contributed by atoms with van der Waals surface area (Å²) in [6.45, 7) is 2.05. The minimum Gasteiger partial charge on any atom is -0.507 e. The summed E-state index contributed by atoms with van der Waals surface area (Å²) in [7, 11) is 0. The third kappa shape index (κ3) is 4.08. The molecule has 2 aliphatic rings. The van der Waals surface area contributed by atoms with Gasteiger partial charge >= 0.3 is 0 Å². The number of rotatable bonds is 4. The summed E-state index contributed by atoms with van der Waals surface area (Å²) in [4.78, 5) is 30.3. The Kier molecular flexibility index (Phi) is 6.12. The second-order valence-corrected chi connectivity index (χ2v) is 9.09. The number of amides is 1. The van der Waals surface area contributed by atoms with E-state index in [1.54, 1.807) is 24.3 Å². The van der Waals surface area contributed by atoms with E-state index < -0.39 is 17.7 Å². The first-order chi connectivity index (χ1) is 16.5. The smallest absolute Gasteiger partial charge is 0.300 e. The van der Waals surface area contributed by atoms with Crippen LogP contribution < -0.4 is 9.80 Å². The molecule has 0 radical (unpaired) electrons. The number of nitrogens with zero attached hydrogens (tertiary/aromatic N) is 2. The topological polar surface area (TPSA) is 60.9 Å². The van der Waals surface area contributed by atoms with Crippen LogP contribution in [0.4, 0.5) is 11.4 Å². The molecule has 0 spiro atoms. The minimum absolute atomic E-state index is 0.0682. The maximum absolute atomic E-state index is 13.3. The number of carbonyl (C=O) groups excluding carboxylic acids is 2. The zero-order valence-corrected chi connectivity index (χ0v) is 19.4. The van der Waals surface area contributed by atoms with Crippen molar-refractivity contribution in [1.82, 2.24) is 0 Å². The third-order valence-corrected chi connectivity index (χ3v) is 6.78. The second-order valence-electron chi connectivity index (χ2n) is 8.65. The van der Waals surface area contributed by atoms with Gasteiger partial charge in [-0.1, -0.05) is 41.9 Å². The Morgan fingerprint density at radius 1 is 0.794 bits per heavy atom. The number of piperidine rings is 1. The van der Waals surface area contributed by atoms with Crippen LogP contribution in [0.5, 0.6) is 0 Å². The molecule has 34 heavy (non-hydrogen) atoms. The zero-order chi connectivity index (χ0) is 23.7. The molecule has 0 aliphatic carbocycles. The Labute approximate surface area is 203 Å². The Bertz CT molecular complexity index is 1230. The van der Waals surface area contributed by atoms with E-state index in [4.69, 9.17) is 11.6 Å². The van der Waals surface area contributed by atoms with Gasteiger partial charge < -0.3 is 10.0 Å². The summed E-state index contributed by atoms with van der Waals surface area (Å²) in [5.41, 5.74) is 2.98. The lowest BCUT2D eigenvalue weighted by atomic mass is 9.95. The van der Waals surface area contributed by atoms with Crippen molar-refractivity contribution < 1.29 is 14.7 Å². The molecule has 2 heterocycles. The third-order valence-electron chi connectivity index (χ3n) is 6.53. The van der Waals surface area contributed by atoms with Gasteiger partial charge in [-0.25, -0.2) is 0 Å². The van der Waals surface area contributed by atoms with Crippen LogP contribution in [-0.4, -0.2) is 29.9 Å². The maximum Gasteiger partial charge on any atom is 0.300 e. The van der Waals surface area contributed by atoms with Gasteiger partial charge in [0.25, 0.3) is 11.7 Å². The largest absolute Gasteiger partial charge is 0.507 e. The van der Waals surface area contributed by atoms with Crippen LogP contribution in [0.2, 0.25) is 5.02 Å². The Morgan fingerprint density at radius 2 is 1.41 bits per heavy atom. The Hall–Kier alpha value is -3.57. The molecule has 0 aromatic heterocycles. The van der Waals surface area contributed by atoms with Crippen molar-refractivity contribution in [3.05, 3.63) is 101 Å². The van der Waals surface area contributed by atoms with Crippen LogP contribution in [0, 0.1) is 0 Å². The first kappa shape index (κ1) is 22.2. The van der Waals surface area contributed by atoms with E-state index in [-0.39, 0.29) is 11.3 Å². The van der Waals surface area contributed by atoms with Crippen molar-refractivity contribution in [2.24, 2.45) is 0 Å². The summed E-state index contributed by atoms with van der Waals surface area (Å²) < 4.78 is 0. The number of aliphatic hydroxyl groups is 1. The molecule has 0 bridgehead atoms. The minimum atomic E-state index is -0.738. The highest BCUT2D eigenvalue weighted by Crippen LogP contribution is 2.42. The summed E-state index contributed by atoms with van der Waals surface area (Å²) in [6.07, 6.45) is 3.61. The molecule has 3 aromatic carbocycles. The molecule has 5 nitrogen and oxygen atoms in total. The molecule has 1 atom stereocenters. The van der Waals surface area contributed by atoms with E-state index in [1.165, 1.54) is 24.2 Å². The average Bonchev–Trinajstić information content (AvgIpc) is 3.15. The SMILES string of the molecule is O=C1C(=O)N(c2ccc(N3CCCCC3)cc2)C(c2ccccc2)/C1=C(\O)c1ccc(Cl)cc1. The lowest BCUT2D eigenvalue weighted by Gasteiger charge is -2.30. The molecule has 1 unspecified atom stereocenters. The van der Waals surface area contributed by atoms with Gasteiger partial charge in [-0.05, 0) is 73.4 Å². The van der Waals surface area contributed by atoms with E-state index in [1.807, 2.05) is 54.6 Å². The van der Waals surface area contributed by atoms with Crippen molar-refractivity contribution in [3.8, 4) is 0 Å². The highest BCUT2D eigenvalue weighted by Gasteiger charge is 2.46. The molecule has 1 N–H and O–H groups in total. The molecular weight excluding hydrogens is 448 g/mol. The fraction of sp³-hybridized carbons (Fsp3) is 0.214. The van der Waals surface area contributed by atoms with Gasteiger partial charge in [-0.15, -0.1) is 0 Å². The first-order valence-electron chi connectivity index (χ1n) is 11.5. The maximum atomic E-state index is 13.3. The van der Waals surface area contributed by atoms with Crippen LogP contribution in [0.15, 0.2) is 84.4 Å². The molecule has 5 rings (SSSR count). The van der Waals surface area contributed by atoms with Gasteiger partial charge in [0.2, 0.25) is 0 Å². The van der Waals surface area contributed by atoms with E-state index in [0.29, 0.717) is 16.3 Å². The lowest BCUT2D eigenvalue weighted by molar-refractivity contribution is -0.132. The molecule has 1 amide bonds. The Balaban J connectivity index is 1.59. The monoisotopic (exact) mass is 472 g/mol. The van der Waals surface area contributed by atoms with Crippen molar-refractivity contribution in [2.75, 3.05) is 22.9 Å². The van der Waals surface area contributed by atoms with Crippen molar-refractivity contribution in [3.63, 3.8) is 0 Å². The quantitative estimate of drug-likeness (QED) is 0.289. The number of benzene rings is 3. The van der Waals surface area contributed by atoms with Gasteiger partial charge in [-0.3, -0.25) is 14.5 Å². The number of hydrogen-bond donors (Lipinski definition) is 1. The van der Waals surface area contributed by atoms with Crippen molar-refractivity contribution in [1.29, 1.82) is 0 Å². The molecule has 2 aliphatic heterocycles. The van der Waals surface area contributed by atoms with Crippen LogP contribution in [0.25, 0.3) is 5.76 Å². The summed E-state index contributed by atoms with van der Waals surface area (Å²) in [6, 6.07) is 22.9. The van der Waals surface area contributed by atoms with E-state index >= 15 is 0 Å². The first-order valence-corrected chi connectivity index (χ1v) is 11.9. The molecule has 172 valence electrons. The summed E-state index contributed by atoms with van der Waals surface area (Å²) in [5.74, 6) is -1.58. The van der Waals surface area contributed by atoms with Gasteiger partial charge in [0.05, 0.1) is 11.6 Å². The number of ketones is 1. The van der Waals surface area contributed by atoms with Crippen LogP contribution in [0.1, 0.15) is 36.4 Å². The number of halogens is 1. The number of hydrogen-bond acceptors (Lipinski definition) is 4. The predicted molar refractivity (Wildman–Crippen MR) is 135 cm³/mol. The van der Waals surface area contributed by atoms with Gasteiger partial charge in [0.1, 0.15) is 5.76 Å². The molecule has 0 saturated carbocycles. The molecule has 6 heteroatoms. The molecule has 2 fully saturated rings. The number of Topliss-reactive ketones (excluding diaryl/α,β-unsaturated/α-hetero) is 1. The zero-order valence-electron chi connectivity index (χ0n) is 18.7. The fourth-order valence-electron chi connectivity index (χ4n) is 4.79. The summed E-state index contributed by atoms with van der Waals surface area (Å²) >= 11 is 5.99. The number of anilines is 2. The second kappa shape index (κ2) is 9.35. The van der Waals surface area contributed by atoms with E-state index in [9.17, 15) is 14.7 Å². The average molecular weight is 473 g/mol. The van der Waals surface area contributed by atoms with Gasteiger partial charge in [0.15, 0.2) is 0 Å². The predicted octanol–water partition coefficient (Wildman–Crippen LogP) is 5.96. The molecule has 3 aromatic rings. The number of carbonyl (C=O) groups is 2. The highest BCUT2D eigenvalue weighted by molar-refractivity contribution is 6.51. The normalized spacial score (nSPS) is 20.1. The molecular formula is C28H25ClN2O3. The standard InChI is InChI=1S/C28H25ClN2O3/c29-21-11-9-20(10-12-21)26(32)24-25(19-7-3-1-4-8-19)31(28(34)27(24)33)23-15-13-22(14-16-23)30-17-5-2-6-18-30/h1,3-4,7-16,25,32H,2,5-6,17-18H2/b26-24+. The highest BCUT2D eigenvalue weighted by atomic mass is 35.5. The fourth-order valence-corrected chi connectivity index (χ4v) is 4.91. The van der Waals surface area contributed by atoms with Crippen molar-refractivity contribution >= 4 is 40.4 Å². The van der Waals surface area contributed by atoms with Gasteiger partial charge in [-0.2, -0.15) is 0 Å². The van der Waals surface area contributed by atoms with Crippen molar-refractivity contribution in [2.45, 2.75) is 25.3 Å². The van der Waals surface area contributed by atoms with Crippen LogP contribution >= 0.6 is 11.6 Å². The summed E-state index contributed by atoms with van der Waals surface area (Å²) in [5, 5.41) is 11.7. The van der Waals surface area contributed by atoms with Crippen LogP contribution in [0.3, 0.4) is 0 Å². The Morgan fingerprint density at radius 3 is 2.06 bits per heavy atom. The van der Waals surface area contributed by atoms with E-state index in [2.05, 4.69) is 4.90 Å². The van der Waals surface area contributed by atoms with Gasteiger partial charge in [0, 0.05) is 35.1 Å².